The molecule has 2 rings (SSSR count). The molecule has 39 heavy (non-hydrogen) atoms. The summed E-state index contributed by atoms with van der Waals surface area (Å²) in [5.41, 5.74) is 17.4. The molecule has 0 fully saturated rings. The second-order valence-corrected chi connectivity index (χ2v) is 9.34. The van der Waals surface area contributed by atoms with E-state index >= 15 is 0 Å². The van der Waals surface area contributed by atoms with Crippen molar-refractivity contribution in [1.29, 1.82) is 0 Å². The fraction of sp³-hybridized carbons (Fsp3) is 0.440. The predicted molar refractivity (Wildman–Crippen MR) is 140 cm³/mol. The number of nitrogens with one attached hydrogen (secondary N) is 4. The van der Waals surface area contributed by atoms with E-state index in [1.165, 1.54) is 0 Å². The number of carbonyl (C=O) groups excluding carboxylic acids is 5. The summed E-state index contributed by atoms with van der Waals surface area (Å²) in [6, 6.07) is 1.83. The van der Waals surface area contributed by atoms with Gasteiger partial charge in [-0.1, -0.05) is 38.5 Å². The number of aromatic amines is 1. The van der Waals surface area contributed by atoms with Crippen LogP contribution in [0.15, 0.2) is 30.5 Å². The average Bonchev–Trinajstić information content (AvgIpc) is 3.27. The topological polar surface area (TPSA) is 253 Å². The molecule has 0 spiro atoms. The molecule has 11 N–H and O–H groups in total. The van der Waals surface area contributed by atoms with Crippen molar-refractivity contribution in [2.75, 3.05) is 0 Å². The van der Waals surface area contributed by atoms with Crippen molar-refractivity contribution in [3.63, 3.8) is 0 Å². The lowest BCUT2D eigenvalue weighted by Gasteiger charge is -2.27. The number of carboxylic acid groups (broad SMARTS) is 1. The SMILES string of the molecule is CCC(C)C(NC(=O)C(N)CC(N)=O)C(=O)NC(CC(N)=O)C(=O)NC(Cc1c[nH]c2ccccc12)C(=O)O. The number of nitrogens with two attached hydrogens (primary N) is 3. The first-order valence-corrected chi connectivity index (χ1v) is 12.3. The van der Waals surface area contributed by atoms with Crippen LogP contribution in [0.4, 0.5) is 0 Å². The number of primary amides is 2. The fourth-order valence-corrected chi connectivity index (χ4v) is 3.94. The maximum Gasteiger partial charge on any atom is 0.326 e. The molecular weight excluding hydrogens is 510 g/mol. The van der Waals surface area contributed by atoms with Crippen LogP contribution in [0, 0.1) is 5.92 Å². The van der Waals surface area contributed by atoms with Gasteiger partial charge in [-0.3, -0.25) is 24.0 Å². The van der Waals surface area contributed by atoms with Crippen LogP contribution in [0.3, 0.4) is 0 Å². The summed E-state index contributed by atoms with van der Waals surface area (Å²) in [6.07, 6.45) is 0.922. The highest BCUT2D eigenvalue weighted by Gasteiger charge is 2.33. The number of para-hydroxylation sites is 1. The number of benzene rings is 1. The van der Waals surface area contributed by atoms with Crippen molar-refractivity contribution < 1.29 is 33.9 Å². The Kier molecular flexibility index (Phi) is 11.0. The molecule has 0 aliphatic carbocycles. The van der Waals surface area contributed by atoms with Crippen LogP contribution < -0.4 is 33.2 Å². The van der Waals surface area contributed by atoms with Crippen molar-refractivity contribution in [3.05, 3.63) is 36.0 Å². The van der Waals surface area contributed by atoms with Crippen molar-refractivity contribution in [1.82, 2.24) is 20.9 Å². The highest BCUT2D eigenvalue weighted by atomic mass is 16.4. The second-order valence-electron chi connectivity index (χ2n) is 9.34. The third kappa shape index (κ3) is 8.81. The summed E-state index contributed by atoms with van der Waals surface area (Å²) in [5.74, 6) is -6.09. The van der Waals surface area contributed by atoms with Crippen LogP contribution in [-0.4, -0.2) is 69.8 Å². The predicted octanol–water partition coefficient (Wildman–Crippen LogP) is -1.63. The fourth-order valence-electron chi connectivity index (χ4n) is 3.94. The maximum absolute atomic E-state index is 13.1. The van der Waals surface area contributed by atoms with Crippen LogP contribution in [0.25, 0.3) is 10.9 Å². The van der Waals surface area contributed by atoms with E-state index in [4.69, 9.17) is 17.2 Å². The van der Waals surface area contributed by atoms with Gasteiger partial charge in [-0.25, -0.2) is 4.79 Å². The van der Waals surface area contributed by atoms with Gasteiger partial charge in [0.05, 0.1) is 18.9 Å². The molecule has 5 atom stereocenters. The zero-order valence-corrected chi connectivity index (χ0v) is 21.7. The van der Waals surface area contributed by atoms with Crippen molar-refractivity contribution >= 4 is 46.4 Å². The number of hydrogen-bond donors (Lipinski definition) is 8. The van der Waals surface area contributed by atoms with E-state index in [-0.39, 0.29) is 6.42 Å². The number of amides is 5. The molecule has 1 heterocycles. The molecule has 0 bridgehead atoms. The molecule has 14 heteroatoms. The summed E-state index contributed by atoms with van der Waals surface area (Å²) in [4.78, 5) is 76.4. The molecule has 0 aliphatic rings. The first kappa shape index (κ1) is 30.8. The third-order valence-corrected chi connectivity index (χ3v) is 6.30. The molecule has 1 aromatic carbocycles. The number of carbonyl (C=O) groups is 6. The molecule has 5 unspecified atom stereocenters. The van der Waals surface area contributed by atoms with E-state index in [1.807, 2.05) is 12.1 Å². The molecule has 2 aromatic rings. The number of fused-ring (bicyclic) bond motifs is 1. The number of aliphatic carboxylic acids is 1. The molecule has 1 aromatic heterocycles. The van der Waals surface area contributed by atoms with Crippen molar-refractivity contribution in [2.45, 2.75) is 63.7 Å². The van der Waals surface area contributed by atoms with Crippen molar-refractivity contribution in [3.8, 4) is 0 Å². The zero-order chi connectivity index (χ0) is 29.3. The minimum Gasteiger partial charge on any atom is -0.480 e. The van der Waals surface area contributed by atoms with Gasteiger partial charge in [0.1, 0.15) is 18.1 Å². The molecule has 0 saturated heterocycles. The minimum absolute atomic E-state index is 0.0778. The first-order chi connectivity index (χ1) is 18.3. The number of aromatic nitrogens is 1. The largest absolute Gasteiger partial charge is 0.480 e. The number of hydrogen-bond acceptors (Lipinski definition) is 7. The van der Waals surface area contributed by atoms with E-state index in [1.54, 1.807) is 32.2 Å². The van der Waals surface area contributed by atoms with E-state index in [0.29, 0.717) is 12.0 Å². The maximum atomic E-state index is 13.1. The van der Waals surface area contributed by atoms with E-state index in [0.717, 1.165) is 10.9 Å². The molecule has 0 radical (unpaired) electrons. The summed E-state index contributed by atoms with van der Waals surface area (Å²) in [5, 5.41) is 17.7. The molecule has 0 aliphatic heterocycles. The van der Waals surface area contributed by atoms with Crippen LogP contribution in [0.1, 0.15) is 38.7 Å². The summed E-state index contributed by atoms with van der Waals surface area (Å²) in [6.45, 7) is 3.42. The Bertz CT molecular complexity index is 1230. The van der Waals surface area contributed by atoms with Crippen LogP contribution >= 0.6 is 0 Å². The standard InChI is InChI=1S/C25H35N7O7/c1-3-12(2)21(32-22(35)15(26)9-19(27)33)24(37)30-17(10-20(28)34)23(36)31-18(25(38)39)8-13-11-29-16-7-5-4-6-14(13)16/h4-7,11-12,15,17-18,21,29H,3,8-10,26H2,1-2H3,(H2,27,33)(H2,28,34)(H,30,37)(H,31,36)(H,32,35)(H,38,39). The lowest BCUT2D eigenvalue weighted by molar-refractivity contribution is -0.142. The van der Waals surface area contributed by atoms with Gasteiger partial charge >= 0.3 is 5.97 Å². The number of rotatable bonds is 15. The van der Waals surface area contributed by atoms with Gasteiger partial charge in [-0.05, 0) is 17.5 Å². The molecule has 5 amide bonds. The number of H-pyrrole nitrogens is 1. The van der Waals surface area contributed by atoms with E-state index in [2.05, 4.69) is 20.9 Å². The Labute approximate surface area is 224 Å². The van der Waals surface area contributed by atoms with Gasteiger partial charge < -0.3 is 43.2 Å². The van der Waals surface area contributed by atoms with Crippen molar-refractivity contribution in [2.24, 2.45) is 23.1 Å². The number of carboxylic acids is 1. The van der Waals surface area contributed by atoms with Crippen LogP contribution in [-0.2, 0) is 35.2 Å². The summed E-state index contributed by atoms with van der Waals surface area (Å²) in [7, 11) is 0. The molecular formula is C25H35N7O7. The highest BCUT2D eigenvalue weighted by Crippen LogP contribution is 2.19. The van der Waals surface area contributed by atoms with Gasteiger partial charge in [-0.2, -0.15) is 0 Å². The average molecular weight is 546 g/mol. The Hall–Kier alpha value is -4.46. The van der Waals surface area contributed by atoms with Gasteiger partial charge in [0.15, 0.2) is 0 Å². The Morgan fingerprint density at radius 1 is 0.897 bits per heavy atom. The first-order valence-electron chi connectivity index (χ1n) is 12.3. The van der Waals surface area contributed by atoms with Crippen LogP contribution in [0.2, 0.25) is 0 Å². The lowest BCUT2D eigenvalue weighted by Crippen LogP contribution is -2.59. The normalized spacial score (nSPS) is 14.8. The van der Waals surface area contributed by atoms with Gasteiger partial charge in [0.25, 0.3) is 0 Å². The zero-order valence-electron chi connectivity index (χ0n) is 21.7. The second kappa shape index (κ2) is 13.9. The lowest BCUT2D eigenvalue weighted by atomic mass is 9.97. The quantitative estimate of drug-likeness (QED) is 0.129. The Morgan fingerprint density at radius 3 is 2.10 bits per heavy atom. The molecule has 212 valence electrons. The molecule has 14 nitrogen and oxygen atoms in total. The van der Waals surface area contributed by atoms with Gasteiger partial charge in [0, 0.05) is 23.5 Å². The summed E-state index contributed by atoms with van der Waals surface area (Å²) < 4.78 is 0. The van der Waals surface area contributed by atoms with Gasteiger partial charge in [-0.15, -0.1) is 0 Å². The minimum atomic E-state index is -1.53. The third-order valence-electron chi connectivity index (χ3n) is 6.30. The Morgan fingerprint density at radius 2 is 1.51 bits per heavy atom. The van der Waals surface area contributed by atoms with Gasteiger partial charge in [0.2, 0.25) is 29.5 Å². The smallest absolute Gasteiger partial charge is 0.326 e. The highest BCUT2D eigenvalue weighted by molar-refractivity contribution is 5.97. The van der Waals surface area contributed by atoms with E-state index < -0.39 is 78.4 Å². The van der Waals surface area contributed by atoms with Crippen LogP contribution in [0.5, 0.6) is 0 Å². The summed E-state index contributed by atoms with van der Waals surface area (Å²) >= 11 is 0. The van der Waals surface area contributed by atoms with E-state index in [9.17, 15) is 33.9 Å². The monoisotopic (exact) mass is 545 g/mol. The molecule has 0 saturated carbocycles. The Balaban J connectivity index is 2.20.